The summed E-state index contributed by atoms with van der Waals surface area (Å²) in [5.74, 6) is -0.00830. The Morgan fingerprint density at radius 3 is 2.58 bits per heavy atom. The van der Waals surface area contributed by atoms with Gasteiger partial charge in [0.15, 0.2) is 0 Å². The van der Waals surface area contributed by atoms with Crippen LogP contribution in [0.2, 0.25) is 0 Å². The molecule has 1 aromatic rings. The van der Waals surface area contributed by atoms with E-state index in [1.807, 2.05) is 13.8 Å². The minimum absolute atomic E-state index is 0.00830. The number of carbonyl (C=O) groups is 1. The molecule has 7 nitrogen and oxygen atoms in total. The molecular weight excluding hydrogens is 248 g/mol. The lowest BCUT2D eigenvalue weighted by molar-refractivity contribution is -0.386. The van der Waals surface area contributed by atoms with Crippen molar-refractivity contribution in [1.82, 2.24) is 15.1 Å². The van der Waals surface area contributed by atoms with Crippen molar-refractivity contribution in [3.63, 3.8) is 0 Å². The van der Waals surface area contributed by atoms with Crippen LogP contribution in [0.25, 0.3) is 0 Å². The molecule has 0 radical (unpaired) electrons. The van der Waals surface area contributed by atoms with E-state index in [0.29, 0.717) is 30.8 Å². The summed E-state index contributed by atoms with van der Waals surface area (Å²) in [5.41, 5.74) is 1.01. The fraction of sp³-hybridized carbons (Fsp3) is 0.667. The van der Waals surface area contributed by atoms with E-state index in [-0.39, 0.29) is 17.6 Å². The van der Waals surface area contributed by atoms with Crippen molar-refractivity contribution in [3.8, 4) is 0 Å². The van der Waals surface area contributed by atoms with E-state index in [2.05, 4.69) is 10.4 Å². The first kappa shape index (κ1) is 15.1. The number of rotatable bonds is 6. The monoisotopic (exact) mass is 268 g/mol. The van der Waals surface area contributed by atoms with Crippen molar-refractivity contribution in [3.05, 3.63) is 21.5 Å². The van der Waals surface area contributed by atoms with E-state index in [1.54, 1.807) is 18.5 Å². The van der Waals surface area contributed by atoms with Gasteiger partial charge < -0.3 is 5.32 Å². The second-order valence-corrected chi connectivity index (χ2v) is 4.83. The molecule has 0 aliphatic rings. The smallest absolute Gasteiger partial charge is 0.312 e. The molecule has 0 atom stereocenters. The number of carbonyl (C=O) groups excluding carboxylic acids is 1. The van der Waals surface area contributed by atoms with Crippen LogP contribution in [-0.2, 0) is 11.3 Å². The zero-order chi connectivity index (χ0) is 14.6. The van der Waals surface area contributed by atoms with Crippen LogP contribution in [0.3, 0.4) is 0 Å². The molecule has 1 heterocycles. The molecule has 106 valence electrons. The van der Waals surface area contributed by atoms with Crippen LogP contribution in [0.15, 0.2) is 0 Å². The van der Waals surface area contributed by atoms with Gasteiger partial charge >= 0.3 is 5.69 Å². The summed E-state index contributed by atoms with van der Waals surface area (Å²) in [6.07, 6.45) is 1.00. The highest BCUT2D eigenvalue weighted by Gasteiger charge is 2.21. The summed E-state index contributed by atoms with van der Waals surface area (Å²) in [6.45, 7) is 7.61. The maximum Gasteiger partial charge on any atom is 0.312 e. The Kier molecular flexibility index (Phi) is 5.02. The van der Waals surface area contributed by atoms with Gasteiger partial charge in [-0.15, -0.1) is 0 Å². The van der Waals surface area contributed by atoms with Gasteiger partial charge in [0.2, 0.25) is 5.91 Å². The molecule has 0 aliphatic heterocycles. The Bertz CT molecular complexity index is 480. The van der Waals surface area contributed by atoms with Crippen molar-refractivity contribution in [2.75, 3.05) is 0 Å². The van der Waals surface area contributed by atoms with Gasteiger partial charge in [0.25, 0.3) is 0 Å². The van der Waals surface area contributed by atoms with E-state index in [9.17, 15) is 14.9 Å². The number of hydrogen-bond donors (Lipinski definition) is 1. The first-order chi connectivity index (χ1) is 8.82. The predicted molar refractivity (Wildman–Crippen MR) is 70.9 cm³/mol. The molecule has 0 bridgehead atoms. The SMILES string of the molecule is Cc1nn(CCCC(=O)NC(C)C)c(C)c1[N+](=O)[O-]. The highest BCUT2D eigenvalue weighted by molar-refractivity contribution is 5.76. The summed E-state index contributed by atoms with van der Waals surface area (Å²) in [5, 5.41) is 17.8. The van der Waals surface area contributed by atoms with Gasteiger partial charge in [0.1, 0.15) is 11.4 Å². The number of nitrogens with zero attached hydrogens (tertiary/aromatic N) is 3. The van der Waals surface area contributed by atoms with Crippen LogP contribution in [0, 0.1) is 24.0 Å². The second kappa shape index (κ2) is 6.31. The van der Waals surface area contributed by atoms with Gasteiger partial charge in [-0.3, -0.25) is 19.6 Å². The van der Waals surface area contributed by atoms with Gasteiger partial charge in [0, 0.05) is 19.0 Å². The number of hydrogen-bond acceptors (Lipinski definition) is 4. The lowest BCUT2D eigenvalue weighted by atomic mass is 10.2. The predicted octanol–water partition coefficient (Wildman–Crippen LogP) is 1.71. The molecule has 0 spiro atoms. The largest absolute Gasteiger partial charge is 0.354 e. The summed E-state index contributed by atoms with van der Waals surface area (Å²) in [6, 6.07) is 0.127. The van der Waals surface area contributed by atoms with Gasteiger partial charge in [-0.1, -0.05) is 0 Å². The van der Waals surface area contributed by atoms with Crippen molar-refractivity contribution in [1.29, 1.82) is 0 Å². The first-order valence-corrected chi connectivity index (χ1v) is 6.30. The van der Waals surface area contributed by atoms with Crippen molar-refractivity contribution in [2.24, 2.45) is 0 Å². The molecule has 0 fully saturated rings. The van der Waals surface area contributed by atoms with Crippen molar-refractivity contribution >= 4 is 11.6 Å². The van der Waals surface area contributed by atoms with Gasteiger partial charge in [-0.05, 0) is 34.1 Å². The molecule has 0 aliphatic carbocycles. The minimum atomic E-state index is -0.417. The van der Waals surface area contributed by atoms with E-state index in [4.69, 9.17) is 0 Å². The second-order valence-electron chi connectivity index (χ2n) is 4.83. The topological polar surface area (TPSA) is 90.1 Å². The highest BCUT2D eigenvalue weighted by atomic mass is 16.6. The average molecular weight is 268 g/mol. The average Bonchev–Trinajstić information content (AvgIpc) is 2.52. The molecule has 1 rings (SSSR count). The molecule has 0 unspecified atom stereocenters. The van der Waals surface area contributed by atoms with Crippen molar-refractivity contribution < 1.29 is 9.72 Å². The maximum atomic E-state index is 11.5. The van der Waals surface area contributed by atoms with Crippen LogP contribution in [-0.4, -0.2) is 26.7 Å². The fourth-order valence-corrected chi connectivity index (χ4v) is 1.95. The lowest BCUT2D eigenvalue weighted by Gasteiger charge is -2.08. The zero-order valence-electron chi connectivity index (χ0n) is 11.8. The molecule has 1 N–H and O–H groups in total. The number of aryl methyl sites for hydroxylation is 2. The van der Waals surface area contributed by atoms with Crippen LogP contribution in [0.1, 0.15) is 38.1 Å². The Hall–Kier alpha value is -1.92. The van der Waals surface area contributed by atoms with Crippen LogP contribution >= 0.6 is 0 Å². The van der Waals surface area contributed by atoms with Crippen LogP contribution in [0.4, 0.5) is 5.69 Å². The third-order valence-corrected chi connectivity index (χ3v) is 2.75. The number of aromatic nitrogens is 2. The Morgan fingerprint density at radius 1 is 1.47 bits per heavy atom. The van der Waals surface area contributed by atoms with E-state index in [0.717, 1.165) is 0 Å². The molecule has 1 amide bonds. The van der Waals surface area contributed by atoms with Crippen LogP contribution < -0.4 is 5.32 Å². The molecule has 19 heavy (non-hydrogen) atoms. The molecule has 7 heteroatoms. The molecular formula is C12H20N4O3. The summed E-state index contributed by atoms with van der Waals surface area (Å²) in [7, 11) is 0. The number of nitrogens with one attached hydrogen (secondary N) is 1. The standard InChI is InChI=1S/C12H20N4O3/c1-8(2)13-11(17)6-5-7-15-10(4)12(16(18)19)9(3)14-15/h8H,5-7H2,1-4H3,(H,13,17). The summed E-state index contributed by atoms with van der Waals surface area (Å²) >= 11 is 0. The maximum absolute atomic E-state index is 11.5. The molecule has 1 aromatic heterocycles. The zero-order valence-corrected chi connectivity index (χ0v) is 11.8. The lowest BCUT2D eigenvalue weighted by Crippen LogP contribution is -2.30. The molecule has 0 aromatic carbocycles. The Morgan fingerprint density at radius 2 is 2.11 bits per heavy atom. The normalized spacial score (nSPS) is 10.8. The van der Waals surface area contributed by atoms with E-state index in [1.165, 1.54) is 0 Å². The fourth-order valence-electron chi connectivity index (χ4n) is 1.95. The Labute approximate surface area is 112 Å². The third-order valence-electron chi connectivity index (χ3n) is 2.75. The molecule has 0 saturated carbocycles. The summed E-state index contributed by atoms with van der Waals surface area (Å²) < 4.78 is 1.59. The van der Waals surface area contributed by atoms with E-state index >= 15 is 0 Å². The molecule has 0 saturated heterocycles. The highest BCUT2D eigenvalue weighted by Crippen LogP contribution is 2.21. The van der Waals surface area contributed by atoms with Gasteiger partial charge in [-0.25, -0.2) is 0 Å². The first-order valence-electron chi connectivity index (χ1n) is 6.30. The number of amides is 1. The number of nitro groups is 1. The minimum Gasteiger partial charge on any atom is -0.354 e. The van der Waals surface area contributed by atoms with E-state index < -0.39 is 4.92 Å². The third kappa shape index (κ3) is 4.04. The van der Waals surface area contributed by atoms with Crippen LogP contribution in [0.5, 0.6) is 0 Å². The van der Waals surface area contributed by atoms with Gasteiger partial charge in [-0.2, -0.15) is 5.10 Å². The summed E-state index contributed by atoms with van der Waals surface area (Å²) in [4.78, 5) is 21.9. The Balaban J connectivity index is 2.57. The van der Waals surface area contributed by atoms with Crippen molar-refractivity contribution in [2.45, 2.75) is 53.1 Å². The quantitative estimate of drug-likeness (QED) is 0.628. The van der Waals surface area contributed by atoms with Gasteiger partial charge in [0.05, 0.1) is 4.92 Å².